The molecule has 0 spiro atoms. The van der Waals surface area contributed by atoms with Gasteiger partial charge >= 0.3 is 0 Å². The normalized spacial score (nSPS) is 20.9. The summed E-state index contributed by atoms with van der Waals surface area (Å²) in [5.41, 5.74) is 0. The van der Waals surface area contributed by atoms with E-state index >= 15 is 0 Å². The zero-order chi connectivity index (χ0) is 11.4. The highest BCUT2D eigenvalue weighted by Gasteiger charge is 2.21. The Hall–Kier alpha value is -0.810. The third kappa shape index (κ3) is 2.47. The van der Waals surface area contributed by atoms with E-state index in [9.17, 15) is 0 Å². The van der Waals surface area contributed by atoms with E-state index in [4.69, 9.17) is 0 Å². The van der Waals surface area contributed by atoms with Crippen LogP contribution < -0.4 is 5.32 Å². The number of aromatic nitrogens is 3. The van der Waals surface area contributed by atoms with Crippen molar-refractivity contribution in [1.82, 2.24) is 20.1 Å². The van der Waals surface area contributed by atoms with Crippen LogP contribution in [0.4, 0.5) is 0 Å². The number of nitrogens with zero attached hydrogens (tertiary/aromatic N) is 3. The molecule has 1 aromatic rings. The van der Waals surface area contributed by atoms with Crippen LogP contribution in [0.25, 0.3) is 0 Å². The van der Waals surface area contributed by atoms with Crippen LogP contribution >= 0.6 is 11.8 Å². The summed E-state index contributed by atoms with van der Waals surface area (Å²) >= 11 is 1.68. The molecule has 1 unspecified atom stereocenters. The molecule has 1 aliphatic heterocycles. The first-order chi connectivity index (χ1) is 7.83. The van der Waals surface area contributed by atoms with E-state index in [1.165, 1.54) is 12.8 Å². The number of thioether (sulfide) groups is 1. The first-order valence-corrected chi connectivity index (χ1v) is 6.65. The zero-order valence-corrected chi connectivity index (χ0v) is 10.5. The molecule has 1 aromatic heterocycles. The van der Waals surface area contributed by atoms with Gasteiger partial charge in [-0.05, 0) is 19.4 Å². The molecule has 1 atom stereocenters. The van der Waals surface area contributed by atoms with Crippen molar-refractivity contribution in [2.75, 3.05) is 18.8 Å². The second kappa shape index (κ2) is 5.50. The molecule has 0 aromatic carbocycles. The average molecular weight is 238 g/mol. The Labute approximate surface area is 101 Å². The number of nitrogens with one attached hydrogen (secondary N) is 1. The fourth-order valence-corrected chi connectivity index (χ4v) is 2.67. The number of hydrogen-bond donors (Lipinski definition) is 1. The molecule has 16 heavy (non-hydrogen) atoms. The minimum absolute atomic E-state index is 0.518. The summed E-state index contributed by atoms with van der Waals surface area (Å²) in [6, 6.07) is 0. The van der Waals surface area contributed by atoms with Crippen molar-refractivity contribution in [3.05, 3.63) is 18.5 Å². The average Bonchev–Trinajstić information content (AvgIpc) is 2.69. The van der Waals surface area contributed by atoms with Gasteiger partial charge in [-0.25, -0.2) is 0 Å². The molecule has 88 valence electrons. The highest BCUT2D eigenvalue weighted by Crippen LogP contribution is 2.24. The van der Waals surface area contributed by atoms with E-state index in [1.807, 2.05) is 6.08 Å². The van der Waals surface area contributed by atoms with E-state index < -0.39 is 0 Å². The SMILES string of the molecule is C=CCSc1nnc(C2CCCNC2)n1C. The molecule has 2 rings (SSSR count). The smallest absolute Gasteiger partial charge is 0.191 e. The number of piperidine rings is 1. The van der Waals surface area contributed by atoms with Gasteiger partial charge in [0.15, 0.2) is 5.16 Å². The van der Waals surface area contributed by atoms with Crippen molar-refractivity contribution in [2.45, 2.75) is 23.9 Å². The topological polar surface area (TPSA) is 42.7 Å². The largest absolute Gasteiger partial charge is 0.316 e. The van der Waals surface area contributed by atoms with Crippen LogP contribution in [0.15, 0.2) is 17.8 Å². The maximum Gasteiger partial charge on any atom is 0.191 e. The van der Waals surface area contributed by atoms with Gasteiger partial charge in [0, 0.05) is 25.3 Å². The molecule has 0 radical (unpaired) electrons. The first kappa shape index (κ1) is 11.7. The maximum atomic E-state index is 4.31. The molecule has 1 fully saturated rings. The Bertz CT molecular complexity index is 355. The van der Waals surface area contributed by atoms with Crippen LogP contribution in [0.5, 0.6) is 0 Å². The Morgan fingerprint density at radius 2 is 2.50 bits per heavy atom. The Morgan fingerprint density at radius 1 is 1.62 bits per heavy atom. The van der Waals surface area contributed by atoms with Gasteiger partial charge in [-0.15, -0.1) is 16.8 Å². The summed E-state index contributed by atoms with van der Waals surface area (Å²) in [7, 11) is 2.05. The molecule has 1 aliphatic rings. The summed E-state index contributed by atoms with van der Waals surface area (Å²) in [6.45, 7) is 5.87. The van der Waals surface area contributed by atoms with Gasteiger partial charge < -0.3 is 9.88 Å². The van der Waals surface area contributed by atoms with Crippen molar-refractivity contribution in [2.24, 2.45) is 7.05 Å². The standard InChI is InChI=1S/C11H18N4S/c1-3-7-16-11-14-13-10(15(11)2)9-5-4-6-12-8-9/h3,9,12H,1,4-8H2,2H3. The second-order valence-corrected chi connectivity index (χ2v) is 5.03. The molecule has 0 saturated carbocycles. The quantitative estimate of drug-likeness (QED) is 0.638. The molecule has 5 heteroatoms. The first-order valence-electron chi connectivity index (χ1n) is 5.66. The maximum absolute atomic E-state index is 4.31. The zero-order valence-electron chi connectivity index (χ0n) is 9.65. The van der Waals surface area contributed by atoms with Crippen molar-refractivity contribution in [3.63, 3.8) is 0 Å². The molecule has 0 aliphatic carbocycles. The van der Waals surface area contributed by atoms with Gasteiger partial charge in [0.25, 0.3) is 0 Å². The Balaban J connectivity index is 2.08. The third-order valence-electron chi connectivity index (χ3n) is 2.86. The lowest BCUT2D eigenvalue weighted by Gasteiger charge is -2.21. The van der Waals surface area contributed by atoms with E-state index in [2.05, 4.69) is 33.7 Å². The van der Waals surface area contributed by atoms with Crippen LogP contribution in [0.2, 0.25) is 0 Å². The lowest BCUT2D eigenvalue weighted by molar-refractivity contribution is 0.436. The highest BCUT2D eigenvalue weighted by atomic mass is 32.2. The summed E-state index contributed by atoms with van der Waals surface area (Å²) in [6.07, 6.45) is 4.33. The molecule has 1 saturated heterocycles. The van der Waals surface area contributed by atoms with Crippen molar-refractivity contribution in [1.29, 1.82) is 0 Å². The summed E-state index contributed by atoms with van der Waals surface area (Å²) < 4.78 is 2.12. The van der Waals surface area contributed by atoms with E-state index in [0.717, 1.165) is 29.8 Å². The fraction of sp³-hybridized carbons (Fsp3) is 0.636. The van der Waals surface area contributed by atoms with Gasteiger partial charge in [-0.2, -0.15) is 0 Å². The van der Waals surface area contributed by atoms with Crippen LogP contribution in [0.1, 0.15) is 24.6 Å². The van der Waals surface area contributed by atoms with Crippen LogP contribution in [0, 0.1) is 0 Å². The molecule has 0 amide bonds. The van der Waals surface area contributed by atoms with E-state index in [1.54, 1.807) is 11.8 Å². The fourth-order valence-electron chi connectivity index (χ4n) is 2.01. The van der Waals surface area contributed by atoms with Crippen molar-refractivity contribution < 1.29 is 0 Å². The van der Waals surface area contributed by atoms with Crippen LogP contribution in [-0.4, -0.2) is 33.6 Å². The van der Waals surface area contributed by atoms with E-state index in [0.29, 0.717) is 5.92 Å². The third-order valence-corrected chi connectivity index (χ3v) is 3.88. The van der Waals surface area contributed by atoms with Gasteiger partial charge in [-0.3, -0.25) is 0 Å². The predicted molar refractivity (Wildman–Crippen MR) is 66.8 cm³/mol. The van der Waals surface area contributed by atoms with Crippen molar-refractivity contribution in [3.8, 4) is 0 Å². The Morgan fingerprint density at radius 3 is 3.19 bits per heavy atom. The van der Waals surface area contributed by atoms with Gasteiger partial charge in [0.1, 0.15) is 5.82 Å². The molecular formula is C11H18N4S. The van der Waals surface area contributed by atoms with Gasteiger partial charge in [0.05, 0.1) is 0 Å². The monoisotopic (exact) mass is 238 g/mol. The summed E-state index contributed by atoms with van der Waals surface area (Å²) in [5, 5.41) is 12.9. The lowest BCUT2D eigenvalue weighted by atomic mass is 9.99. The molecular weight excluding hydrogens is 220 g/mol. The number of rotatable bonds is 4. The predicted octanol–water partition coefficient (Wildman–Crippen LogP) is 1.56. The molecule has 2 heterocycles. The number of hydrogen-bond acceptors (Lipinski definition) is 4. The van der Waals surface area contributed by atoms with Crippen molar-refractivity contribution >= 4 is 11.8 Å². The molecule has 0 bridgehead atoms. The van der Waals surface area contributed by atoms with Gasteiger partial charge in [0.2, 0.25) is 0 Å². The second-order valence-electron chi connectivity index (χ2n) is 4.04. The molecule has 1 N–H and O–H groups in total. The van der Waals surface area contributed by atoms with Crippen LogP contribution in [-0.2, 0) is 7.05 Å². The highest BCUT2D eigenvalue weighted by molar-refractivity contribution is 7.99. The lowest BCUT2D eigenvalue weighted by Crippen LogP contribution is -2.29. The molecule has 4 nitrogen and oxygen atoms in total. The van der Waals surface area contributed by atoms with Crippen LogP contribution in [0.3, 0.4) is 0 Å². The van der Waals surface area contributed by atoms with E-state index in [-0.39, 0.29) is 0 Å². The minimum atomic E-state index is 0.518. The summed E-state index contributed by atoms with van der Waals surface area (Å²) in [5.74, 6) is 2.51. The summed E-state index contributed by atoms with van der Waals surface area (Å²) in [4.78, 5) is 0. The minimum Gasteiger partial charge on any atom is -0.316 e. The Kier molecular flexibility index (Phi) is 4.01. The van der Waals surface area contributed by atoms with Gasteiger partial charge in [-0.1, -0.05) is 17.8 Å².